The number of nitrogens with one attached hydrogen (secondary N) is 1. The van der Waals surface area contributed by atoms with Gasteiger partial charge >= 0.3 is 0 Å². The SMILES string of the molecule is O=S(=O)(Nc1ccc(N2CCCCS2(=O)=O)cc1)c1ccc(Cl)s1. The molecule has 0 bridgehead atoms. The standard InChI is InChI=1S/C14H15ClN2O4S3/c15-13-7-8-14(22-13)24(20,21)16-11-3-5-12(6-4-11)17-9-1-2-10-23(17,18)19/h3-8,16H,1-2,9-10H2. The second-order valence-corrected chi connectivity index (χ2v) is 10.9. The van der Waals surface area contributed by atoms with Crippen LogP contribution in [0.1, 0.15) is 12.8 Å². The summed E-state index contributed by atoms with van der Waals surface area (Å²) in [6, 6.07) is 9.25. The van der Waals surface area contributed by atoms with Gasteiger partial charge in [-0.3, -0.25) is 9.03 Å². The van der Waals surface area contributed by atoms with Crippen molar-refractivity contribution < 1.29 is 16.8 Å². The summed E-state index contributed by atoms with van der Waals surface area (Å²) in [6.45, 7) is 0.446. The van der Waals surface area contributed by atoms with Crippen LogP contribution in [-0.4, -0.2) is 29.1 Å². The highest BCUT2D eigenvalue weighted by atomic mass is 35.5. The van der Waals surface area contributed by atoms with Crippen LogP contribution in [-0.2, 0) is 20.0 Å². The van der Waals surface area contributed by atoms with E-state index in [2.05, 4.69) is 4.72 Å². The number of thiophene rings is 1. The van der Waals surface area contributed by atoms with Gasteiger partial charge in [0.1, 0.15) is 4.21 Å². The first kappa shape index (κ1) is 17.5. The van der Waals surface area contributed by atoms with E-state index in [1.54, 1.807) is 24.3 Å². The van der Waals surface area contributed by atoms with Gasteiger partial charge in [0.05, 0.1) is 15.8 Å². The van der Waals surface area contributed by atoms with Crippen molar-refractivity contribution in [1.82, 2.24) is 0 Å². The van der Waals surface area contributed by atoms with Gasteiger partial charge in [-0.15, -0.1) is 11.3 Å². The van der Waals surface area contributed by atoms with Crippen LogP contribution < -0.4 is 9.03 Å². The monoisotopic (exact) mass is 406 g/mol. The molecule has 0 saturated carbocycles. The quantitative estimate of drug-likeness (QED) is 0.845. The number of sulfonamides is 2. The van der Waals surface area contributed by atoms with Gasteiger partial charge in [0, 0.05) is 12.2 Å². The Morgan fingerprint density at radius 3 is 2.38 bits per heavy atom. The lowest BCUT2D eigenvalue weighted by Gasteiger charge is -2.28. The Balaban J connectivity index is 1.80. The fraction of sp³-hybridized carbons (Fsp3) is 0.286. The van der Waals surface area contributed by atoms with E-state index < -0.39 is 20.0 Å². The Hall–Kier alpha value is -1.29. The van der Waals surface area contributed by atoms with Crippen LogP contribution in [0.3, 0.4) is 0 Å². The number of rotatable bonds is 4. The third-order valence-electron chi connectivity index (χ3n) is 3.57. The molecule has 0 radical (unpaired) electrons. The number of anilines is 2. The lowest BCUT2D eigenvalue weighted by atomic mass is 10.2. The summed E-state index contributed by atoms with van der Waals surface area (Å²) in [5.41, 5.74) is 0.898. The molecule has 0 aliphatic carbocycles. The zero-order valence-electron chi connectivity index (χ0n) is 12.5. The first-order valence-corrected chi connectivity index (χ1v) is 11.5. The van der Waals surface area contributed by atoms with Crippen LogP contribution >= 0.6 is 22.9 Å². The fourth-order valence-corrected chi connectivity index (χ4v) is 6.60. The molecule has 1 aromatic carbocycles. The molecule has 6 nitrogen and oxygen atoms in total. The van der Waals surface area contributed by atoms with Crippen molar-refractivity contribution in [3.63, 3.8) is 0 Å². The summed E-state index contributed by atoms with van der Waals surface area (Å²) in [6.07, 6.45) is 1.48. The van der Waals surface area contributed by atoms with Gasteiger partial charge in [0.2, 0.25) is 10.0 Å². The van der Waals surface area contributed by atoms with Crippen LogP contribution in [0, 0.1) is 0 Å². The second-order valence-electron chi connectivity index (χ2n) is 5.31. The Bertz CT molecular complexity index is 937. The molecule has 24 heavy (non-hydrogen) atoms. The predicted molar refractivity (Wildman–Crippen MR) is 96.9 cm³/mol. The van der Waals surface area contributed by atoms with E-state index in [0.717, 1.165) is 17.8 Å². The molecule has 1 N–H and O–H groups in total. The molecule has 0 unspecified atom stereocenters. The van der Waals surface area contributed by atoms with Gasteiger partial charge < -0.3 is 0 Å². The zero-order chi connectivity index (χ0) is 17.4. The van der Waals surface area contributed by atoms with Crippen LogP contribution in [0.25, 0.3) is 0 Å². The van der Waals surface area contributed by atoms with Crippen LogP contribution in [0.2, 0.25) is 4.34 Å². The number of halogens is 1. The molecule has 1 fully saturated rings. The number of benzene rings is 1. The molecule has 2 heterocycles. The van der Waals surface area contributed by atoms with E-state index in [0.29, 0.717) is 28.7 Å². The smallest absolute Gasteiger partial charge is 0.271 e. The van der Waals surface area contributed by atoms with Gasteiger partial charge in [-0.1, -0.05) is 11.6 Å². The van der Waals surface area contributed by atoms with Crippen LogP contribution in [0.4, 0.5) is 11.4 Å². The second kappa shape index (κ2) is 6.55. The fourth-order valence-electron chi connectivity index (χ4n) is 2.42. The van der Waals surface area contributed by atoms with Crippen molar-refractivity contribution >= 4 is 54.4 Å². The molecule has 1 aliphatic rings. The van der Waals surface area contributed by atoms with Gasteiger partial charge in [0.25, 0.3) is 10.0 Å². The third-order valence-corrected chi connectivity index (χ3v) is 8.54. The Kier molecular flexibility index (Phi) is 4.78. The Labute approximate surface area is 150 Å². The summed E-state index contributed by atoms with van der Waals surface area (Å²) in [5.74, 6) is 0.139. The highest BCUT2D eigenvalue weighted by Gasteiger charge is 2.26. The summed E-state index contributed by atoms with van der Waals surface area (Å²) in [7, 11) is -6.98. The number of hydrogen-bond acceptors (Lipinski definition) is 5. The van der Waals surface area contributed by atoms with Gasteiger partial charge in [-0.05, 0) is 49.2 Å². The van der Waals surface area contributed by atoms with E-state index in [-0.39, 0.29) is 9.96 Å². The van der Waals surface area contributed by atoms with Crippen molar-refractivity contribution in [2.75, 3.05) is 21.3 Å². The van der Waals surface area contributed by atoms with Crippen molar-refractivity contribution in [1.29, 1.82) is 0 Å². The molecule has 10 heteroatoms. The molecule has 1 saturated heterocycles. The molecule has 2 aromatic rings. The van der Waals surface area contributed by atoms with E-state index in [1.807, 2.05) is 0 Å². The van der Waals surface area contributed by atoms with Gasteiger partial charge in [0.15, 0.2) is 0 Å². The predicted octanol–water partition coefficient (Wildman–Crippen LogP) is 3.13. The van der Waals surface area contributed by atoms with E-state index in [9.17, 15) is 16.8 Å². The summed E-state index contributed by atoms with van der Waals surface area (Å²) in [5, 5.41) is 0. The maximum atomic E-state index is 12.2. The maximum Gasteiger partial charge on any atom is 0.271 e. The van der Waals surface area contributed by atoms with Crippen molar-refractivity contribution in [3.8, 4) is 0 Å². The average molecular weight is 407 g/mol. The van der Waals surface area contributed by atoms with Gasteiger partial charge in [-0.2, -0.15) is 0 Å². The van der Waals surface area contributed by atoms with Crippen LogP contribution in [0.5, 0.6) is 0 Å². The lowest BCUT2D eigenvalue weighted by Crippen LogP contribution is -2.37. The summed E-state index contributed by atoms with van der Waals surface area (Å²) >= 11 is 6.73. The minimum atomic E-state index is -3.70. The first-order valence-electron chi connectivity index (χ1n) is 7.17. The molecule has 130 valence electrons. The minimum Gasteiger partial charge on any atom is -0.279 e. The summed E-state index contributed by atoms with van der Waals surface area (Å²) in [4.78, 5) is 0. The van der Waals surface area contributed by atoms with Crippen molar-refractivity contribution in [3.05, 3.63) is 40.7 Å². The Morgan fingerprint density at radius 1 is 1.08 bits per heavy atom. The van der Waals surface area contributed by atoms with E-state index >= 15 is 0 Å². The molecular weight excluding hydrogens is 392 g/mol. The van der Waals surface area contributed by atoms with Crippen LogP contribution in [0.15, 0.2) is 40.6 Å². The maximum absolute atomic E-state index is 12.2. The van der Waals surface area contributed by atoms with Crippen molar-refractivity contribution in [2.45, 2.75) is 17.1 Å². The van der Waals surface area contributed by atoms with Gasteiger partial charge in [-0.25, -0.2) is 16.8 Å². The normalized spacial score (nSPS) is 17.6. The van der Waals surface area contributed by atoms with Crippen molar-refractivity contribution in [2.24, 2.45) is 0 Å². The molecule has 0 spiro atoms. The molecule has 1 aromatic heterocycles. The van der Waals surface area contributed by atoms with E-state index in [1.165, 1.54) is 16.4 Å². The highest BCUT2D eigenvalue weighted by molar-refractivity contribution is 7.94. The van der Waals surface area contributed by atoms with E-state index in [4.69, 9.17) is 11.6 Å². The molecule has 1 aliphatic heterocycles. The molecule has 3 rings (SSSR count). The Morgan fingerprint density at radius 2 is 1.79 bits per heavy atom. The highest BCUT2D eigenvalue weighted by Crippen LogP contribution is 2.29. The molecule has 0 atom stereocenters. The third kappa shape index (κ3) is 3.69. The topological polar surface area (TPSA) is 83.6 Å². The number of nitrogens with zero attached hydrogens (tertiary/aromatic N) is 1. The average Bonchev–Trinajstić information content (AvgIpc) is 2.95. The minimum absolute atomic E-state index is 0.121. The molecular formula is C14H15ClN2O4S3. The largest absolute Gasteiger partial charge is 0.279 e. The first-order chi connectivity index (χ1) is 11.3. The number of hydrogen-bond donors (Lipinski definition) is 1. The summed E-state index contributed by atoms with van der Waals surface area (Å²) < 4.78 is 53.0. The zero-order valence-corrected chi connectivity index (χ0v) is 15.7. The molecule has 0 amide bonds. The lowest BCUT2D eigenvalue weighted by molar-refractivity contribution is 0.574.